The predicted octanol–water partition coefficient (Wildman–Crippen LogP) is 4.39. The van der Waals surface area contributed by atoms with E-state index in [-0.39, 0.29) is 11.9 Å². The Hall–Kier alpha value is -3.71. The largest absolute Gasteiger partial charge is 0.493 e. The number of hydrogen-bond donors (Lipinski definition) is 3. The van der Waals surface area contributed by atoms with Crippen molar-refractivity contribution >= 4 is 23.0 Å². The molecule has 5 rings (SSSR count). The summed E-state index contributed by atoms with van der Waals surface area (Å²) in [5.74, 6) is 1.03. The lowest BCUT2D eigenvalue weighted by Crippen LogP contribution is -2.37. The summed E-state index contributed by atoms with van der Waals surface area (Å²) in [5.41, 5.74) is 6.62. The normalized spacial score (nSPS) is 18.2. The van der Waals surface area contributed by atoms with Gasteiger partial charge < -0.3 is 30.1 Å². The quantitative estimate of drug-likeness (QED) is 0.525. The number of benzene rings is 3. The number of aryl methyl sites for hydroxylation is 1. The van der Waals surface area contributed by atoms with Crippen molar-refractivity contribution in [3.63, 3.8) is 0 Å². The van der Waals surface area contributed by atoms with E-state index in [1.807, 2.05) is 49.4 Å². The molecule has 1 amide bonds. The van der Waals surface area contributed by atoms with E-state index in [4.69, 9.17) is 9.47 Å². The van der Waals surface area contributed by atoms with Gasteiger partial charge in [-0.2, -0.15) is 0 Å². The summed E-state index contributed by atoms with van der Waals surface area (Å²) in [6, 6.07) is 18.0. The van der Waals surface area contributed by atoms with Crippen molar-refractivity contribution < 1.29 is 19.4 Å². The van der Waals surface area contributed by atoms with Gasteiger partial charge in [-0.25, -0.2) is 0 Å². The zero-order valence-electron chi connectivity index (χ0n) is 19.6. The average molecular weight is 460 g/mol. The van der Waals surface area contributed by atoms with Crippen molar-refractivity contribution in [3.05, 3.63) is 76.9 Å². The van der Waals surface area contributed by atoms with Gasteiger partial charge in [-0.15, -0.1) is 0 Å². The molecule has 7 heteroatoms. The van der Waals surface area contributed by atoms with Gasteiger partial charge >= 0.3 is 0 Å². The van der Waals surface area contributed by atoms with E-state index in [1.165, 1.54) is 12.5 Å². The number of carbonyl (C=O) groups is 1. The van der Waals surface area contributed by atoms with Gasteiger partial charge in [0.1, 0.15) is 6.61 Å². The predicted molar refractivity (Wildman–Crippen MR) is 133 cm³/mol. The highest BCUT2D eigenvalue weighted by Gasteiger charge is 2.37. The van der Waals surface area contributed by atoms with E-state index in [9.17, 15) is 9.90 Å². The summed E-state index contributed by atoms with van der Waals surface area (Å²) >= 11 is 0. The second kappa shape index (κ2) is 8.91. The van der Waals surface area contributed by atoms with E-state index in [2.05, 4.69) is 27.7 Å². The number of methoxy groups -OCH3 is 1. The molecule has 3 N–H and O–H groups in total. The molecule has 2 atom stereocenters. The zero-order valence-corrected chi connectivity index (χ0v) is 19.6. The number of nitrogens with zero attached hydrogens (tertiary/aromatic N) is 1. The fourth-order valence-electron chi connectivity index (χ4n) is 4.96. The molecule has 2 aliphatic heterocycles. The van der Waals surface area contributed by atoms with Gasteiger partial charge in [0.25, 0.3) is 0 Å². The van der Waals surface area contributed by atoms with E-state index in [0.717, 1.165) is 40.2 Å². The molecule has 1 unspecified atom stereocenters. The highest BCUT2D eigenvalue weighted by Crippen LogP contribution is 2.44. The Morgan fingerprint density at radius 3 is 2.79 bits per heavy atom. The summed E-state index contributed by atoms with van der Waals surface area (Å²) in [6.45, 7) is 4.49. The second-order valence-corrected chi connectivity index (χ2v) is 8.92. The maximum Gasteiger partial charge on any atom is 0.221 e. The number of carbonyl (C=O) groups excluding carboxylic acids is 1. The lowest BCUT2D eigenvalue weighted by Gasteiger charge is -2.30. The number of rotatable bonds is 5. The Morgan fingerprint density at radius 1 is 1.18 bits per heavy atom. The molecule has 7 nitrogen and oxygen atoms in total. The van der Waals surface area contributed by atoms with Crippen LogP contribution < -0.4 is 25.0 Å². The minimum absolute atomic E-state index is 0.113. The van der Waals surface area contributed by atoms with E-state index in [0.29, 0.717) is 24.7 Å². The van der Waals surface area contributed by atoms with Crippen LogP contribution in [0, 0.1) is 6.92 Å². The summed E-state index contributed by atoms with van der Waals surface area (Å²) in [5, 5.41) is 17.7. The van der Waals surface area contributed by atoms with Gasteiger partial charge in [0.05, 0.1) is 13.2 Å². The van der Waals surface area contributed by atoms with Gasteiger partial charge in [0, 0.05) is 42.2 Å². The molecule has 0 aromatic heterocycles. The molecular weight excluding hydrogens is 430 g/mol. The Balaban J connectivity index is 1.42. The number of anilines is 3. The first-order valence-corrected chi connectivity index (χ1v) is 11.4. The zero-order chi connectivity index (χ0) is 23.8. The molecule has 0 radical (unpaired) electrons. The number of para-hydroxylation sites is 1. The highest BCUT2D eigenvalue weighted by atomic mass is 16.5. The maximum absolute atomic E-state index is 11.4. The van der Waals surface area contributed by atoms with Crippen molar-refractivity contribution in [1.82, 2.24) is 0 Å². The summed E-state index contributed by atoms with van der Waals surface area (Å²) in [4.78, 5) is 13.5. The number of aliphatic hydroxyl groups excluding tert-OH is 1. The first-order valence-electron chi connectivity index (χ1n) is 11.4. The van der Waals surface area contributed by atoms with Crippen LogP contribution >= 0.6 is 0 Å². The van der Waals surface area contributed by atoms with Crippen molar-refractivity contribution in [2.45, 2.75) is 39.1 Å². The molecule has 0 saturated heterocycles. The third-order valence-corrected chi connectivity index (χ3v) is 6.38. The topological polar surface area (TPSA) is 83.1 Å². The van der Waals surface area contributed by atoms with Crippen molar-refractivity contribution in [1.29, 1.82) is 0 Å². The molecule has 2 aliphatic rings. The first-order chi connectivity index (χ1) is 16.4. The van der Waals surface area contributed by atoms with Gasteiger partial charge in [-0.1, -0.05) is 24.3 Å². The smallest absolute Gasteiger partial charge is 0.221 e. The van der Waals surface area contributed by atoms with Crippen LogP contribution in [-0.2, 0) is 17.8 Å². The third kappa shape index (κ3) is 4.15. The third-order valence-electron chi connectivity index (χ3n) is 6.38. The van der Waals surface area contributed by atoms with Gasteiger partial charge in [0.15, 0.2) is 17.7 Å². The summed E-state index contributed by atoms with van der Waals surface area (Å²) < 4.78 is 11.8. The van der Waals surface area contributed by atoms with Crippen LogP contribution in [0.2, 0.25) is 0 Å². The number of fused-ring (bicyclic) bond motifs is 4. The van der Waals surface area contributed by atoms with Crippen LogP contribution in [0.1, 0.15) is 35.4 Å². The van der Waals surface area contributed by atoms with Crippen LogP contribution in [0.25, 0.3) is 0 Å². The molecule has 0 bridgehead atoms. The Bertz CT molecular complexity index is 1240. The average Bonchev–Trinajstić information content (AvgIpc) is 3.12. The fourth-order valence-corrected chi connectivity index (χ4v) is 4.96. The number of aliphatic hydroxyl groups is 1. The lowest BCUT2D eigenvalue weighted by molar-refractivity contribution is -0.114. The maximum atomic E-state index is 11.4. The number of hydrogen-bond acceptors (Lipinski definition) is 6. The molecule has 2 heterocycles. The Morgan fingerprint density at radius 2 is 2.00 bits per heavy atom. The molecule has 3 aromatic rings. The van der Waals surface area contributed by atoms with Crippen molar-refractivity contribution in [3.8, 4) is 11.5 Å². The van der Waals surface area contributed by atoms with Crippen LogP contribution in [0.3, 0.4) is 0 Å². The highest BCUT2D eigenvalue weighted by molar-refractivity contribution is 5.88. The van der Waals surface area contributed by atoms with Crippen LogP contribution in [0.5, 0.6) is 11.5 Å². The standard InChI is InChI=1S/C27H29N3O4/c1-16-8-18(10-20(9-16)29-17(2)31)15-34-26-13-23-22(12-25(26)33-3)27(32)30-21(14-28-23)11-19-6-4-5-7-24(19)30/h4-10,12-13,21,27-28,32H,11,14-15H2,1-3H3,(H,29,31)/t21-,27?/m0/s1. The molecule has 0 saturated carbocycles. The number of amides is 1. The fraction of sp³-hybridized carbons (Fsp3) is 0.296. The molecule has 0 spiro atoms. The minimum Gasteiger partial charge on any atom is -0.493 e. The monoisotopic (exact) mass is 459 g/mol. The molecule has 176 valence electrons. The SMILES string of the molecule is COc1cc2c(cc1OCc1cc(C)cc(NC(C)=O)c1)NC[C@@H]1Cc3ccccc3N1C2O. The van der Waals surface area contributed by atoms with Crippen molar-refractivity contribution in [2.75, 3.05) is 29.2 Å². The van der Waals surface area contributed by atoms with Crippen LogP contribution in [0.4, 0.5) is 17.1 Å². The van der Waals surface area contributed by atoms with Gasteiger partial charge in [-0.05, 0) is 54.3 Å². The molecule has 0 aliphatic carbocycles. The van der Waals surface area contributed by atoms with E-state index < -0.39 is 6.23 Å². The molecule has 34 heavy (non-hydrogen) atoms. The summed E-state index contributed by atoms with van der Waals surface area (Å²) in [6.07, 6.45) is 0.0946. The second-order valence-electron chi connectivity index (χ2n) is 8.92. The van der Waals surface area contributed by atoms with Gasteiger partial charge in [0.2, 0.25) is 5.91 Å². The molecular formula is C27H29N3O4. The number of ether oxygens (including phenoxy) is 2. The lowest BCUT2D eigenvalue weighted by atomic mass is 10.1. The Kier molecular flexibility index (Phi) is 5.79. The van der Waals surface area contributed by atoms with Crippen LogP contribution in [-0.4, -0.2) is 30.7 Å². The van der Waals surface area contributed by atoms with E-state index in [1.54, 1.807) is 7.11 Å². The number of nitrogens with one attached hydrogen (secondary N) is 2. The minimum atomic E-state index is -0.793. The van der Waals surface area contributed by atoms with Crippen molar-refractivity contribution in [2.24, 2.45) is 0 Å². The Labute approximate surface area is 199 Å². The summed E-state index contributed by atoms with van der Waals surface area (Å²) in [7, 11) is 1.60. The van der Waals surface area contributed by atoms with E-state index >= 15 is 0 Å². The van der Waals surface area contributed by atoms with Gasteiger partial charge in [-0.3, -0.25) is 4.79 Å². The molecule has 0 fully saturated rings. The molecule has 3 aromatic carbocycles. The van der Waals surface area contributed by atoms with Crippen LogP contribution in [0.15, 0.2) is 54.6 Å². The first kappa shape index (κ1) is 22.1.